The summed E-state index contributed by atoms with van der Waals surface area (Å²) in [6.45, 7) is 1.96. The summed E-state index contributed by atoms with van der Waals surface area (Å²) in [6.07, 6.45) is 0.461. The molecule has 0 radical (unpaired) electrons. The van der Waals surface area contributed by atoms with Gasteiger partial charge in [-0.15, -0.1) is 5.10 Å². The van der Waals surface area contributed by atoms with Crippen LogP contribution in [0.15, 0.2) is 40.6 Å². The van der Waals surface area contributed by atoms with Gasteiger partial charge in [-0.05, 0) is 22.6 Å². The fourth-order valence-corrected chi connectivity index (χ4v) is 2.48. The SMILES string of the molecule is CC(CC(N)=NO)Sc1nnnn1-c1ccccc1. The third kappa shape index (κ3) is 3.44. The van der Waals surface area contributed by atoms with E-state index in [1.165, 1.54) is 11.8 Å². The van der Waals surface area contributed by atoms with Crippen LogP contribution in [0.25, 0.3) is 5.69 Å². The van der Waals surface area contributed by atoms with E-state index in [1.807, 2.05) is 37.3 Å². The van der Waals surface area contributed by atoms with Crippen molar-refractivity contribution in [1.82, 2.24) is 20.2 Å². The molecule has 0 aliphatic carbocycles. The van der Waals surface area contributed by atoms with E-state index in [4.69, 9.17) is 10.9 Å². The summed E-state index contributed by atoms with van der Waals surface area (Å²) in [4.78, 5) is 0. The van der Waals surface area contributed by atoms with Crippen LogP contribution in [0.3, 0.4) is 0 Å². The third-order valence-electron chi connectivity index (χ3n) is 2.37. The zero-order valence-electron chi connectivity index (χ0n) is 10.3. The second-order valence-corrected chi connectivity index (χ2v) is 5.34. The monoisotopic (exact) mass is 278 g/mol. The van der Waals surface area contributed by atoms with Crippen LogP contribution in [0.4, 0.5) is 0 Å². The van der Waals surface area contributed by atoms with E-state index in [2.05, 4.69) is 20.7 Å². The number of nitrogens with zero attached hydrogens (tertiary/aromatic N) is 5. The van der Waals surface area contributed by atoms with Crippen molar-refractivity contribution in [3.05, 3.63) is 30.3 Å². The summed E-state index contributed by atoms with van der Waals surface area (Å²) in [6, 6.07) is 9.63. The lowest BCUT2D eigenvalue weighted by Crippen LogP contribution is -2.17. The summed E-state index contributed by atoms with van der Waals surface area (Å²) >= 11 is 1.47. The molecule has 1 atom stereocenters. The van der Waals surface area contributed by atoms with Gasteiger partial charge >= 0.3 is 0 Å². The Balaban J connectivity index is 2.12. The maximum absolute atomic E-state index is 8.55. The minimum atomic E-state index is 0.101. The lowest BCUT2D eigenvalue weighted by molar-refractivity contribution is 0.317. The molecule has 0 aliphatic rings. The van der Waals surface area contributed by atoms with Crippen molar-refractivity contribution in [3.8, 4) is 5.69 Å². The van der Waals surface area contributed by atoms with E-state index in [1.54, 1.807) is 4.68 Å². The highest BCUT2D eigenvalue weighted by molar-refractivity contribution is 7.99. The van der Waals surface area contributed by atoms with Crippen molar-refractivity contribution < 1.29 is 5.21 Å². The fraction of sp³-hybridized carbons (Fsp3) is 0.273. The minimum absolute atomic E-state index is 0.101. The maximum Gasteiger partial charge on any atom is 0.214 e. The predicted molar refractivity (Wildman–Crippen MR) is 72.5 cm³/mol. The summed E-state index contributed by atoms with van der Waals surface area (Å²) in [5.74, 6) is 0.193. The van der Waals surface area contributed by atoms with Gasteiger partial charge in [-0.3, -0.25) is 0 Å². The van der Waals surface area contributed by atoms with Crippen LogP contribution < -0.4 is 5.73 Å². The number of thioether (sulfide) groups is 1. The first-order valence-electron chi connectivity index (χ1n) is 5.67. The van der Waals surface area contributed by atoms with E-state index in [-0.39, 0.29) is 11.1 Å². The molecule has 7 nitrogen and oxygen atoms in total. The summed E-state index contributed by atoms with van der Waals surface area (Å²) in [7, 11) is 0. The van der Waals surface area contributed by atoms with Gasteiger partial charge in [0, 0.05) is 11.7 Å². The minimum Gasteiger partial charge on any atom is -0.409 e. The molecule has 1 heterocycles. The molecule has 100 valence electrons. The van der Waals surface area contributed by atoms with Crippen LogP contribution in [0, 0.1) is 0 Å². The number of nitrogens with two attached hydrogens (primary N) is 1. The van der Waals surface area contributed by atoms with E-state index in [9.17, 15) is 0 Å². The van der Waals surface area contributed by atoms with Crippen LogP contribution >= 0.6 is 11.8 Å². The summed E-state index contributed by atoms with van der Waals surface area (Å²) in [5.41, 5.74) is 6.37. The first-order chi connectivity index (χ1) is 9.20. The van der Waals surface area contributed by atoms with Gasteiger partial charge in [0.15, 0.2) is 0 Å². The molecule has 3 N–H and O–H groups in total. The molecule has 1 aromatic carbocycles. The number of tetrazole rings is 1. The standard InChI is InChI=1S/C11H14N6OS/c1-8(7-10(12)14-18)19-11-13-15-16-17(11)9-5-3-2-4-6-9/h2-6,8,18H,7H2,1H3,(H2,12,14). The molecule has 0 fully saturated rings. The highest BCUT2D eigenvalue weighted by Crippen LogP contribution is 2.24. The molecular formula is C11H14N6OS. The number of amidine groups is 1. The maximum atomic E-state index is 8.55. The van der Waals surface area contributed by atoms with Crippen molar-refractivity contribution in [3.63, 3.8) is 0 Å². The van der Waals surface area contributed by atoms with Crippen LogP contribution in [0.1, 0.15) is 13.3 Å². The van der Waals surface area contributed by atoms with Crippen molar-refractivity contribution in [2.75, 3.05) is 0 Å². The van der Waals surface area contributed by atoms with Crippen molar-refractivity contribution in [2.45, 2.75) is 23.8 Å². The van der Waals surface area contributed by atoms with E-state index >= 15 is 0 Å². The molecule has 1 unspecified atom stereocenters. The quantitative estimate of drug-likeness (QED) is 0.281. The zero-order chi connectivity index (χ0) is 13.7. The average molecular weight is 278 g/mol. The Morgan fingerprint density at radius 3 is 2.89 bits per heavy atom. The average Bonchev–Trinajstić information content (AvgIpc) is 2.87. The number of benzene rings is 1. The van der Waals surface area contributed by atoms with Gasteiger partial charge in [0.1, 0.15) is 5.84 Å². The van der Waals surface area contributed by atoms with Crippen LogP contribution in [0.5, 0.6) is 0 Å². The molecule has 0 saturated carbocycles. The van der Waals surface area contributed by atoms with Gasteiger partial charge in [-0.25, -0.2) is 0 Å². The second kappa shape index (κ2) is 6.19. The normalized spacial score (nSPS) is 13.4. The van der Waals surface area contributed by atoms with Crippen LogP contribution in [-0.2, 0) is 0 Å². The Hall–Kier alpha value is -2.09. The number of para-hydroxylation sites is 1. The van der Waals surface area contributed by atoms with Gasteiger partial charge in [-0.2, -0.15) is 4.68 Å². The molecule has 2 rings (SSSR count). The summed E-state index contributed by atoms with van der Waals surface area (Å²) < 4.78 is 1.66. The smallest absolute Gasteiger partial charge is 0.214 e. The van der Waals surface area contributed by atoms with Crippen molar-refractivity contribution in [1.29, 1.82) is 0 Å². The molecule has 8 heteroatoms. The Morgan fingerprint density at radius 1 is 1.47 bits per heavy atom. The first kappa shape index (κ1) is 13.3. The van der Waals surface area contributed by atoms with E-state index < -0.39 is 0 Å². The Labute approximate surface area is 114 Å². The molecule has 0 spiro atoms. The lowest BCUT2D eigenvalue weighted by atomic mass is 10.3. The van der Waals surface area contributed by atoms with Crippen molar-refractivity contribution >= 4 is 17.6 Å². The Bertz CT molecular complexity index is 555. The topological polar surface area (TPSA) is 102 Å². The van der Waals surface area contributed by atoms with Crippen LogP contribution in [0.2, 0.25) is 0 Å². The lowest BCUT2D eigenvalue weighted by Gasteiger charge is -2.09. The molecule has 0 amide bonds. The highest BCUT2D eigenvalue weighted by Gasteiger charge is 2.14. The van der Waals surface area contributed by atoms with E-state index in [0.717, 1.165) is 5.69 Å². The predicted octanol–water partition coefficient (Wildman–Crippen LogP) is 1.28. The third-order valence-corrected chi connectivity index (χ3v) is 3.41. The first-order valence-corrected chi connectivity index (χ1v) is 6.55. The number of rotatable bonds is 5. The zero-order valence-corrected chi connectivity index (χ0v) is 11.2. The molecule has 0 saturated heterocycles. The van der Waals surface area contributed by atoms with Gasteiger partial charge in [0.25, 0.3) is 0 Å². The van der Waals surface area contributed by atoms with Crippen molar-refractivity contribution in [2.24, 2.45) is 10.9 Å². The summed E-state index contributed by atoms with van der Waals surface area (Å²) in [5, 5.41) is 23.9. The van der Waals surface area contributed by atoms with Crippen LogP contribution in [-0.4, -0.2) is 36.5 Å². The second-order valence-electron chi connectivity index (χ2n) is 3.93. The molecule has 2 aromatic rings. The van der Waals surface area contributed by atoms with Gasteiger partial charge in [0.05, 0.1) is 5.69 Å². The number of hydrogen-bond donors (Lipinski definition) is 2. The number of oxime groups is 1. The molecule has 0 aliphatic heterocycles. The highest BCUT2D eigenvalue weighted by atomic mass is 32.2. The van der Waals surface area contributed by atoms with Gasteiger partial charge < -0.3 is 10.9 Å². The fourth-order valence-electron chi connectivity index (χ4n) is 1.54. The van der Waals surface area contributed by atoms with E-state index in [0.29, 0.717) is 11.6 Å². The molecule has 19 heavy (non-hydrogen) atoms. The molecule has 1 aromatic heterocycles. The largest absolute Gasteiger partial charge is 0.409 e. The molecule has 0 bridgehead atoms. The number of hydrogen-bond acceptors (Lipinski definition) is 6. The molecular weight excluding hydrogens is 264 g/mol. The van der Waals surface area contributed by atoms with Gasteiger partial charge in [0.2, 0.25) is 5.16 Å². The number of aromatic nitrogens is 4. The van der Waals surface area contributed by atoms with Gasteiger partial charge in [-0.1, -0.05) is 42.0 Å². The Morgan fingerprint density at radius 2 is 2.21 bits per heavy atom. The Kier molecular flexibility index (Phi) is 4.35.